The molecule has 1 heterocycles. The number of carbonyl (C=O) groups is 1. The van der Waals surface area contributed by atoms with Gasteiger partial charge in [0, 0.05) is 24.7 Å². The van der Waals surface area contributed by atoms with E-state index in [1.807, 2.05) is 0 Å². The van der Waals surface area contributed by atoms with Crippen molar-refractivity contribution >= 4 is 17.5 Å². The molecule has 0 saturated carbocycles. The lowest BCUT2D eigenvalue weighted by atomic mass is 10.2. The average Bonchev–Trinajstić information content (AvgIpc) is 2.46. The highest BCUT2D eigenvalue weighted by molar-refractivity contribution is 6.30. The van der Waals surface area contributed by atoms with Crippen LogP contribution in [0.5, 0.6) is 0 Å². The van der Waals surface area contributed by atoms with Gasteiger partial charge in [0.2, 0.25) is 0 Å². The highest BCUT2D eigenvalue weighted by Gasteiger charge is 2.16. The molecular weight excluding hydrogens is 268 g/mol. The van der Waals surface area contributed by atoms with Crippen molar-refractivity contribution in [2.45, 2.75) is 0 Å². The maximum atomic E-state index is 11.9. The third-order valence-corrected chi connectivity index (χ3v) is 3.37. The molecule has 1 aliphatic rings. The zero-order valence-corrected chi connectivity index (χ0v) is 11.4. The second kappa shape index (κ2) is 6.98. The Bertz CT molecular complexity index is 418. The fourth-order valence-electron chi connectivity index (χ4n) is 1.96. The Morgan fingerprint density at radius 1 is 1.32 bits per heavy atom. The third kappa shape index (κ3) is 4.26. The highest BCUT2D eigenvalue weighted by Crippen LogP contribution is 2.08. The van der Waals surface area contributed by atoms with Crippen molar-refractivity contribution in [3.63, 3.8) is 0 Å². The van der Waals surface area contributed by atoms with Gasteiger partial charge in [-0.25, -0.2) is 4.79 Å². The molecule has 1 N–H and O–H groups in total. The van der Waals surface area contributed by atoms with Crippen LogP contribution in [-0.2, 0) is 4.74 Å². The van der Waals surface area contributed by atoms with Crippen LogP contribution < -0.4 is 5.06 Å². The second-order valence-electron chi connectivity index (χ2n) is 4.46. The number of hydroxylamine groups is 2. The number of ether oxygens (including phenoxy) is 1. The second-order valence-corrected chi connectivity index (χ2v) is 4.90. The molecule has 0 aromatic heterocycles. The molecular formula is C13H17ClN2O3. The summed E-state index contributed by atoms with van der Waals surface area (Å²) in [6.07, 6.45) is 0. The lowest BCUT2D eigenvalue weighted by Gasteiger charge is -2.28. The lowest BCUT2D eigenvalue weighted by molar-refractivity contribution is -0.757. The van der Waals surface area contributed by atoms with Crippen molar-refractivity contribution in [1.82, 2.24) is 4.90 Å². The number of halogens is 1. The summed E-state index contributed by atoms with van der Waals surface area (Å²) in [7, 11) is 0. The van der Waals surface area contributed by atoms with E-state index in [4.69, 9.17) is 16.3 Å². The number of nitrogens with zero attached hydrogens (tertiary/aromatic N) is 1. The minimum atomic E-state index is -0.440. The molecule has 1 aromatic carbocycles. The van der Waals surface area contributed by atoms with Crippen LogP contribution in [0, 0.1) is 5.21 Å². The van der Waals surface area contributed by atoms with Gasteiger partial charge < -0.3 is 15.0 Å². The van der Waals surface area contributed by atoms with Crippen LogP contribution >= 0.6 is 11.6 Å². The normalized spacial score (nSPS) is 18.2. The molecule has 1 atom stereocenters. The summed E-state index contributed by atoms with van der Waals surface area (Å²) in [5, 5.41) is 12.0. The largest absolute Gasteiger partial charge is 0.626 e. The van der Waals surface area contributed by atoms with Crippen molar-refractivity contribution in [2.24, 2.45) is 0 Å². The molecule has 0 radical (unpaired) electrons. The number of benzene rings is 1. The molecule has 104 valence electrons. The zero-order chi connectivity index (χ0) is 13.7. The monoisotopic (exact) mass is 284 g/mol. The molecule has 0 spiro atoms. The van der Waals surface area contributed by atoms with Crippen LogP contribution in [0.2, 0.25) is 5.02 Å². The molecule has 1 fully saturated rings. The number of amides is 1. The van der Waals surface area contributed by atoms with Crippen LogP contribution in [0.4, 0.5) is 0 Å². The Morgan fingerprint density at radius 2 is 1.95 bits per heavy atom. The van der Waals surface area contributed by atoms with Crippen LogP contribution in [0.3, 0.4) is 0 Å². The van der Waals surface area contributed by atoms with E-state index >= 15 is 0 Å². The van der Waals surface area contributed by atoms with E-state index in [1.54, 1.807) is 24.3 Å². The maximum absolute atomic E-state index is 11.9. The molecule has 19 heavy (non-hydrogen) atoms. The van der Waals surface area contributed by atoms with Crippen LogP contribution in [0.1, 0.15) is 10.4 Å². The summed E-state index contributed by atoms with van der Waals surface area (Å²) in [6, 6.07) is 6.39. The minimum Gasteiger partial charge on any atom is -0.626 e. The zero-order valence-electron chi connectivity index (χ0n) is 10.6. The van der Waals surface area contributed by atoms with Gasteiger partial charge in [-0.3, -0.25) is 4.90 Å². The number of carbonyl (C=O) groups excluding carboxylic acids is 1. The van der Waals surface area contributed by atoms with Gasteiger partial charge in [-0.1, -0.05) is 11.6 Å². The van der Waals surface area contributed by atoms with Crippen molar-refractivity contribution < 1.29 is 14.6 Å². The smallest absolute Gasteiger partial charge is 0.344 e. The molecule has 1 amide bonds. The molecule has 1 aromatic rings. The van der Waals surface area contributed by atoms with E-state index in [2.05, 4.69) is 4.90 Å². The number of nitrogens with one attached hydrogen (secondary N) is 1. The van der Waals surface area contributed by atoms with Crippen LogP contribution in [0.25, 0.3) is 0 Å². The summed E-state index contributed by atoms with van der Waals surface area (Å²) >= 11 is 5.74. The van der Waals surface area contributed by atoms with E-state index in [1.165, 1.54) is 0 Å². The van der Waals surface area contributed by atoms with Crippen molar-refractivity contribution in [1.29, 1.82) is 0 Å². The van der Waals surface area contributed by atoms with Gasteiger partial charge in [-0.05, 0) is 24.3 Å². The van der Waals surface area contributed by atoms with E-state index in [9.17, 15) is 10.0 Å². The number of quaternary nitrogens is 1. The first kappa shape index (κ1) is 14.4. The van der Waals surface area contributed by atoms with E-state index in [0.29, 0.717) is 30.3 Å². The SMILES string of the molecule is O=C(c1ccc(Cl)cc1)[NH+]([O-])CCN1CCOCC1. The van der Waals surface area contributed by atoms with E-state index in [-0.39, 0.29) is 11.6 Å². The van der Waals surface area contributed by atoms with Crippen LogP contribution in [-0.4, -0.2) is 50.2 Å². The first-order valence-electron chi connectivity index (χ1n) is 6.30. The molecule has 2 rings (SSSR count). The van der Waals surface area contributed by atoms with Crippen molar-refractivity contribution in [3.05, 3.63) is 40.1 Å². The van der Waals surface area contributed by atoms with Gasteiger partial charge in [0.1, 0.15) is 0 Å². The molecule has 1 aliphatic heterocycles. The van der Waals surface area contributed by atoms with Crippen LogP contribution in [0.15, 0.2) is 24.3 Å². The van der Waals surface area contributed by atoms with Crippen molar-refractivity contribution in [3.8, 4) is 0 Å². The van der Waals surface area contributed by atoms with Gasteiger partial charge in [-0.2, -0.15) is 0 Å². The van der Waals surface area contributed by atoms with Gasteiger partial charge in [0.15, 0.2) is 0 Å². The minimum absolute atomic E-state index is 0.251. The lowest BCUT2D eigenvalue weighted by Crippen LogP contribution is -3.10. The Balaban J connectivity index is 1.83. The molecule has 0 bridgehead atoms. The van der Waals surface area contributed by atoms with Gasteiger partial charge in [0.25, 0.3) is 0 Å². The number of morpholine rings is 1. The summed E-state index contributed by atoms with van der Waals surface area (Å²) in [5.41, 5.74) is 0.399. The fraction of sp³-hybridized carbons (Fsp3) is 0.462. The Morgan fingerprint density at radius 3 is 2.58 bits per heavy atom. The van der Waals surface area contributed by atoms with Gasteiger partial charge in [0.05, 0.1) is 25.3 Å². The average molecular weight is 285 g/mol. The Hall–Kier alpha value is -0.980. The Kier molecular flexibility index (Phi) is 5.30. The van der Waals surface area contributed by atoms with Crippen molar-refractivity contribution in [2.75, 3.05) is 39.4 Å². The summed E-state index contributed by atoms with van der Waals surface area (Å²) in [6.45, 7) is 3.90. The molecule has 6 heteroatoms. The summed E-state index contributed by atoms with van der Waals surface area (Å²) < 4.78 is 5.23. The van der Waals surface area contributed by atoms with Gasteiger partial charge in [-0.15, -0.1) is 0 Å². The van der Waals surface area contributed by atoms with E-state index < -0.39 is 5.91 Å². The number of hydrogen-bond donors (Lipinski definition) is 1. The standard InChI is InChI=1S/C13H17ClN2O3/c14-12-3-1-11(2-4-12)13(17)16(18)6-5-15-7-9-19-10-8-15/h1-4,16H,5-10H2. The number of hydrogen-bond acceptors (Lipinski definition) is 4. The molecule has 0 aliphatic carbocycles. The fourth-order valence-corrected chi connectivity index (χ4v) is 2.09. The number of rotatable bonds is 4. The third-order valence-electron chi connectivity index (χ3n) is 3.12. The predicted molar refractivity (Wildman–Crippen MR) is 72.2 cm³/mol. The Labute approximate surface area is 117 Å². The summed E-state index contributed by atoms with van der Waals surface area (Å²) in [4.78, 5) is 14.0. The van der Waals surface area contributed by atoms with E-state index in [0.717, 1.165) is 13.1 Å². The van der Waals surface area contributed by atoms with Gasteiger partial charge >= 0.3 is 5.91 Å². The first-order chi connectivity index (χ1) is 9.16. The molecule has 1 unspecified atom stereocenters. The first-order valence-corrected chi connectivity index (χ1v) is 6.68. The highest BCUT2D eigenvalue weighted by atomic mass is 35.5. The molecule has 1 saturated heterocycles. The predicted octanol–water partition coefficient (Wildman–Crippen LogP) is 0.195. The molecule has 5 nitrogen and oxygen atoms in total. The summed E-state index contributed by atoms with van der Waals surface area (Å²) in [5.74, 6) is -0.440. The quantitative estimate of drug-likeness (QED) is 0.803. The maximum Gasteiger partial charge on any atom is 0.344 e. The topological polar surface area (TPSA) is 57.0 Å².